The molecule has 1 heterocycles. The van der Waals surface area contributed by atoms with Gasteiger partial charge in [-0.2, -0.15) is 5.26 Å². The van der Waals surface area contributed by atoms with E-state index in [4.69, 9.17) is 5.26 Å². The third-order valence-corrected chi connectivity index (χ3v) is 4.18. The zero-order valence-corrected chi connectivity index (χ0v) is 11.1. The first-order valence-electron chi connectivity index (χ1n) is 7.19. The minimum Gasteiger partial charge on any atom is -0.340 e. The molecule has 1 aliphatic heterocycles. The van der Waals surface area contributed by atoms with Gasteiger partial charge in [0.2, 0.25) is 5.91 Å². The summed E-state index contributed by atoms with van der Waals surface area (Å²) in [5.74, 6) is 0.642. The Labute approximate surface area is 110 Å². The summed E-state index contributed by atoms with van der Waals surface area (Å²) in [6.45, 7) is 3.80. The summed E-state index contributed by atoms with van der Waals surface area (Å²) in [5, 5.41) is 8.66. The van der Waals surface area contributed by atoms with Crippen LogP contribution in [0.15, 0.2) is 0 Å². The quantitative estimate of drug-likeness (QED) is 0.552. The molecule has 4 heteroatoms. The molecule has 2 rings (SSSR count). The number of rotatable bonds is 2. The lowest BCUT2D eigenvalue weighted by Crippen LogP contribution is -2.50. The summed E-state index contributed by atoms with van der Waals surface area (Å²) in [7, 11) is 0. The van der Waals surface area contributed by atoms with Crippen LogP contribution >= 0.6 is 0 Å². The van der Waals surface area contributed by atoms with Crippen molar-refractivity contribution in [3.8, 4) is 6.07 Å². The molecule has 2 aliphatic rings. The second kappa shape index (κ2) is 6.75. The first kappa shape index (κ1) is 13.4. The van der Waals surface area contributed by atoms with Gasteiger partial charge in [-0.15, -0.1) is 0 Å². The number of hydrogen-bond acceptors (Lipinski definition) is 3. The average molecular weight is 249 g/mol. The summed E-state index contributed by atoms with van der Waals surface area (Å²) in [4.78, 5) is 16.6. The maximum Gasteiger partial charge on any atom is 0.225 e. The van der Waals surface area contributed by atoms with Crippen LogP contribution in [0.5, 0.6) is 0 Å². The molecule has 100 valence electrons. The van der Waals surface area contributed by atoms with Crippen LogP contribution in [0.3, 0.4) is 0 Å². The molecule has 0 unspecified atom stereocenters. The highest BCUT2D eigenvalue weighted by Crippen LogP contribution is 2.25. The van der Waals surface area contributed by atoms with E-state index in [9.17, 15) is 4.79 Å². The van der Waals surface area contributed by atoms with E-state index >= 15 is 0 Å². The SMILES string of the molecule is N#CCN1CCN(C(=O)C2CCCCCC2)CC1. The Morgan fingerprint density at radius 3 is 2.22 bits per heavy atom. The van der Waals surface area contributed by atoms with E-state index in [2.05, 4.69) is 11.0 Å². The van der Waals surface area contributed by atoms with E-state index in [0.29, 0.717) is 12.5 Å². The van der Waals surface area contributed by atoms with Crippen molar-refractivity contribution < 1.29 is 4.79 Å². The number of carbonyl (C=O) groups excluding carboxylic acids is 1. The van der Waals surface area contributed by atoms with Gasteiger partial charge >= 0.3 is 0 Å². The topological polar surface area (TPSA) is 47.3 Å². The second-order valence-corrected chi connectivity index (χ2v) is 5.45. The van der Waals surface area contributed by atoms with Gasteiger partial charge in [0, 0.05) is 32.1 Å². The Bertz CT molecular complexity index is 307. The zero-order valence-electron chi connectivity index (χ0n) is 11.1. The van der Waals surface area contributed by atoms with Gasteiger partial charge < -0.3 is 4.90 Å². The third-order valence-electron chi connectivity index (χ3n) is 4.18. The van der Waals surface area contributed by atoms with Gasteiger partial charge in [-0.25, -0.2) is 0 Å². The smallest absolute Gasteiger partial charge is 0.225 e. The maximum absolute atomic E-state index is 12.4. The van der Waals surface area contributed by atoms with Crippen molar-refractivity contribution in [3.05, 3.63) is 0 Å². The lowest BCUT2D eigenvalue weighted by Gasteiger charge is -2.35. The number of nitriles is 1. The molecule has 1 aliphatic carbocycles. The molecule has 1 saturated heterocycles. The number of piperazine rings is 1. The van der Waals surface area contributed by atoms with Crippen LogP contribution < -0.4 is 0 Å². The standard InChI is InChI=1S/C14H23N3O/c15-7-8-16-9-11-17(12-10-16)14(18)13-5-3-1-2-4-6-13/h13H,1-6,8-12H2. The first-order chi connectivity index (χ1) is 8.81. The summed E-state index contributed by atoms with van der Waals surface area (Å²) in [6, 6.07) is 2.18. The molecule has 0 aromatic heterocycles. The number of amides is 1. The van der Waals surface area contributed by atoms with E-state index in [1.54, 1.807) is 0 Å². The van der Waals surface area contributed by atoms with Crippen LogP contribution in [-0.4, -0.2) is 48.4 Å². The van der Waals surface area contributed by atoms with Crippen LogP contribution in [0.2, 0.25) is 0 Å². The molecule has 2 fully saturated rings. The monoisotopic (exact) mass is 249 g/mol. The van der Waals surface area contributed by atoms with E-state index in [1.807, 2.05) is 4.90 Å². The molecular weight excluding hydrogens is 226 g/mol. The van der Waals surface area contributed by atoms with Crippen molar-refractivity contribution in [2.24, 2.45) is 5.92 Å². The lowest BCUT2D eigenvalue weighted by atomic mass is 9.98. The van der Waals surface area contributed by atoms with Crippen molar-refractivity contribution in [2.75, 3.05) is 32.7 Å². The average Bonchev–Trinajstić information content (AvgIpc) is 2.68. The predicted molar refractivity (Wildman–Crippen MR) is 69.8 cm³/mol. The first-order valence-corrected chi connectivity index (χ1v) is 7.19. The highest BCUT2D eigenvalue weighted by molar-refractivity contribution is 5.79. The lowest BCUT2D eigenvalue weighted by molar-refractivity contribution is -0.137. The Balaban J connectivity index is 1.81. The Kier molecular flexibility index (Phi) is 5.00. The molecule has 1 amide bonds. The fraction of sp³-hybridized carbons (Fsp3) is 0.857. The van der Waals surface area contributed by atoms with Gasteiger partial charge in [0.1, 0.15) is 0 Å². The molecule has 0 radical (unpaired) electrons. The van der Waals surface area contributed by atoms with Crippen molar-refractivity contribution in [1.82, 2.24) is 9.80 Å². The largest absolute Gasteiger partial charge is 0.340 e. The van der Waals surface area contributed by atoms with Crippen molar-refractivity contribution in [3.63, 3.8) is 0 Å². The molecule has 0 aromatic carbocycles. The normalized spacial score (nSPS) is 23.4. The van der Waals surface area contributed by atoms with Crippen molar-refractivity contribution in [2.45, 2.75) is 38.5 Å². The van der Waals surface area contributed by atoms with E-state index in [1.165, 1.54) is 25.7 Å². The zero-order chi connectivity index (χ0) is 12.8. The van der Waals surface area contributed by atoms with Gasteiger partial charge in [-0.1, -0.05) is 25.7 Å². The molecule has 4 nitrogen and oxygen atoms in total. The highest BCUT2D eigenvalue weighted by Gasteiger charge is 2.27. The summed E-state index contributed by atoms with van der Waals surface area (Å²) < 4.78 is 0. The molecule has 0 bridgehead atoms. The summed E-state index contributed by atoms with van der Waals surface area (Å²) >= 11 is 0. The molecule has 0 atom stereocenters. The van der Waals surface area contributed by atoms with E-state index in [-0.39, 0.29) is 5.92 Å². The van der Waals surface area contributed by atoms with Crippen LogP contribution in [0.25, 0.3) is 0 Å². The minimum atomic E-state index is 0.273. The van der Waals surface area contributed by atoms with Gasteiger partial charge in [-0.3, -0.25) is 9.69 Å². The fourth-order valence-corrected chi connectivity index (χ4v) is 3.01. The van der Waals surface area contributed by atoms with Crippen LogP contribution in [0.4, 0.5) is 0 Å². The molecule has 0 aromatic rings. The maximum atomic E-state index is 12.4. The second-order valence-electron chi connectivity index (χ2n) is 5.45. The highest BCUT2D eigenvalue weighted by atomic mass is 16.2. The number of carbonyl (C=O) groups is 1. The molecular formula is C14H23N3O. The fourth-order valence-electron chi connectivity index (χ4n) is 3.01. The molecule has 0 spiro atoms. The third kappa shape index (κ3) is 3.46. The predicted octanol–water partition coefficient (Wildman–Crippen LogP) is 1.62. The van der Waals surface area contributed by atoms with Crippen molar-refractivity contribution in [1.29, 1.82) is 5.26 Å². The molecule has 1 saturated carbocycles. The van der Waals surface area contributed by atoms with Gasteiger partial charge in [-0.05, 0) is 12.8 Å². The minimum absolute atomic E-state index is 0.273. The van der Waals surface area contributed by atoms with Crippen LogP contribution in [0.1, 0.15) is 38.5 Å². The number of nitrogens with zero attached hydrogens (tertiary/aromatic N) is 3. The molecule has 18 heavy (non-hydrogen) atoms. The summed E-state index contributed by atoms with van der Waals surface area (Å²) in [5.41, 5.74) is 0. The van der Waals surface area contributed by atoms with E-state index in [0.717, 1.165) is 39.0 Å². The number of hydrogen-bond donors (Lipinski definition) is 0. The molecule has 0 N–H and O–H groups in total. The van der Waals surface area contributed by atoms with Gasteiger partial charge in [0.15, 0.2) is 0 Å². The summed E-state index contributed by atoms with van der Waals surface area (Å²) in [6.07, 6.45) is 7.17. The Morgan fingerprint density at radius 1 is 1.06 bits per heavy atom. The Morgan fingerprint density at radius 2 is 1.67 bits per heavy atom. The van der Waals surface area contributed by atoms with Crippen LogP contribution in [-0.2, 0) is 4.79 Å². The van der Waals surface area contributed by atoms with E-state index < -0.39 is 0 Å². The van der Waals surface area contributed by atoms with Gasteiger partial charge in [0.05, 0.1) is 12.6 Å². The van der Waals surface area contributed by atoms with Crippen LogP contribution in [0, 0.1) is 17.2 Å². The Hall–Kier alpha value is -1.08. The van der Waals surface area contributed by atoms with Gasteiger partial charge in [0.25, 0.3) is 0 Å². The van der Waals surface area contributed by atoms with Crippen molar-refractivity contribution >= 4 is 5.91 Å².